The summed E-state index contributed by atoms with van der Waals surface area (Å²) in [4.78, 5) is 36.7. The predicted molar refractivity (Wildman–Crippen MR) is 79.7 cm³/mol. The van der Waals surface area contributed by atoms with E-state index in [1.165, 1.54) is 42.5 Å². The van der Waals surface area contributed by atoms with E-state index in [0.29, 0.717) is 4.90 Å². The Balaban J connectivity index is 2.03. The number of hydrogen-bond acceptors (Lipinski definition) is 4. The molecule has 2 aromatic carbocycles. The van der Waals surface area contributed by atoms with Crippen molar-refractivity contribution in [1.82, 2.24) is 0 Å². The maximum Gasteiger partial charge on any atom is 0.336 e. The second-order valence-corrected chi connectivity index (χ2v) is 4.80. The predicted octanol–water partition coefficient (Wildman–Crippen LogP) is 2.71. The van der Waals surface area contributed by atoms with Crippen molar-refractivity contribution in [3.05, 3.63) is 64.5 Å². The topological polar surface area (TPSA) is 83.8 Å². The Bertz CT molecular complexity index is 824. The van der Waals surface area contributed by atoms with Crippen LogP contribution in [0, 0.1) is 15.9 Å². The summed E-state index contributed by atoms with van der Waals surface area (Å²) in [7, 11) is 0. The molecule has 0 N–H and O–H groups in total. The van der Waals surface area contributed by atoms with Gasteiger partial charge in [-0.25, -0.2) is 14.1 Å². The van der Waals surface area contributed by atoms with Crippen molar-refractivity contribution in [3.63, 3.8) is 0 Å². The Morgan fingerprint density at radius 1 is 1.00 bits per heavy atom. The third kappa shape index (κ3) is 2.39. The highest BCUT2D eigenvalue weighted by Crippen LogP contribution is 2.33. The highest BCUT2D eigenvalue weighted by atomic mass is 19.1. The van der Waals surface area contributed by atoms with E-state index >= 15 is 0 Å². The van der Waals surface area contributed by atoms with Crippen LogP contribution in [0.5, 0.6) is 0 Å². The molecule has 1 heterocycles. The van der Waals surface area contributed by atoms with Crippen molar-refractivity contribution in [2.24, 2.45) is 0 Å². The minimum absolute atomic E-state index is 0.00492. The largest absolute Gasteiger partial charge is 0.336 e. The first-order valence-electron chi connectivity index (χ1n) is 6.63. The molecule has 0 unspecified atom stereocenters. The molecule has 1 saturated heterocycles. The highest BCUT2D eigenvalue weighted by molar-refractivity contribution is 6.27. The number of carbonyl (C=O) groups is 2. The number of nitro benzene ring substituents is 1. The summed E-state index contributed by atoms with van der Waals surface area (Å²) in [5, 5.41) is 11.1. The maximum absolute atomic E-state index is 13.9. The third-order valence-corrected chi connectivity index (χ3v) is 3.43. The molecular formula is C15H10FN3O4. The van der Waals surface area contributed by atoms with Crippen LogP contribution in [0.1, 0.15) is 0 Å². The first-order valence-corrected chi connectivity index (χ1v) is 6.63. The van der Waals surface area contributed by atoms with Gasteiger partial charge in [-0.1, -0.05) is 24.3 Å². The van der Waals surface area contributed by atoms with Crippen molar-refractivity contribution in [1.29, 1.82) is 0 Å². The second-order valence-electron chi connectivity index (χ2n) is 4.80. The number of para-hydroxylation sites is 3. The molecule has 2 aromatic rings. The number of carbonyl (C=O) groups excluding carboxylic acids is 2. The maximum atomic E-state index is 13.9. The molecule has 3 rings (SSSR count). The van der Waals surface area contributed by atoms with Gasteiger partial charge >= 0.3 is 6.03 Å². The lowest BCUT2D eigenvalue weighted by molar-refractivity contribution is -0.384. The van der Waals surface area contributed by atoms with Crippen molar-refractivity contribution >= 4 is 29.0 Å². The second kappa shape index (κ2) is 5.48. The van der Waals surface area contributed by atoms with E-state index in [1.807, 2.05) is 0 Å². The lowest BCUT2D eigenvalue weighted by Crippen LogP contribution is -2.33. The Morgan fingerprint density at radius 2 is 1.61 bits per heavy atom. The van der Waals surface area contributed by atoms with Crippen molar-refractivity contribution in [2.45, 2.75) is 0 Å². The Hall–Kier alpha value is -3.29. The van der Waals surface area contributed by atoms with Crippen LogP contribution in [0.3, 0.4) is 0 Å². The number of nitrogens with zero attached hydrogens (tertiary/aromatic N) is 3. The van der Waals surface area contributed by atoms with E-state index in [1.54, 1.807) is 0 Å². The first kappa shape index (κ1) is 14.6. The molecule has 0 aliphatic carbocycles. The van der Waals surface area contributed by atoms with Crippen LogP contribution in [0.2, 0.25) is 0 Å². The van der Waals surface area contributed by atoms with Crippen LogP contribution >= 0.6 is 0 Å². The number of hydrogen-bond donors (Lipinski definition) is 0. The molecule has 3 amide bonds. The summed E-state index contributed by atoms with van der Waals surface area (Å²) in [5.41, 5.74) is -0.484. The molecule has 116 valence electrons. The van der Waals surface area contributed by atoms with Crippen LogP contribution in [-0.2, 0) is 4.79 Å². The molecule has 1 aliphatic rings. The summed E-state index contributed by atoms with van der Waals surface area (Å²) in [5.74, 6) is -1.38. The van der Waals surface area contributed by atoms with Gasteiger partial charge in [0, 0.05) is 6.07 Å². The molecule has 1 aliphatic heterocycles. The summed E-state index contributed by atoms with van der Waals surface area (Å²) >= 11 is 0. The van der Waals surface area contributed by atoms with Crippen LogP contribution in [0.25, 0.3) is 0 Å². The van der Waals surface area contributed by atoms with Gasteiger partial charge in [-0.2, -0.15) is 0 Å². The summed E-state index contributed by atoms with van der Waals surface area (Å²) in [6.07, 6.45) is 0. The summed E-state index contributed by atoms with van der Waals surface area (Å²) < 4.78 is 13.9. The smallest absolute Gasteiger partial charge is 0.278 e. The minimum Gasteiger partial charge on any atom is -0.278 e. The fourth-order valence-corrected chi connectivity index (χ4v) is 2.41. The highest BCUT2D eigenvalue weighted by Gasteiger charge is 2.41. The number of rotatable bonds is 3. The van der Waals surface area contributed by atoms with Gasteiger partial charge in [0.2, 0.25) is 0 Å². The molecule has 0 aromatic heterocycles. The van der Waals surface area contributed by atoms with Crippen LogP contribution < -0.4 is 9.80 Å². The van der Waals surface area contributed by atoms with Crippen molar-refractivity contribution in [2.75, 3.05) is 16.3 Å². The number of nitro groups is 1. The molecule has 0 saturated carbocycles. The Morgan fingerprint density at radius 3 is 2.26 bits per heavy atom. The average Bonchev–Trinajstić information content (AvgIpc) is 2.83. The van der Waals surface area contributed by atoms with Gasteiger partial charge in [0.25, 0.3) is 11.6 Å². The first-order chi connectivity index (χ1) is 11.0. The van der Waals surface area contributed by atoms with Gasteiger partial charge in [-0.15, -0.1) is 0 Å². The normalized spacial score (nSPS) is 14.5. The standard InChI is InChI=1S/C15H10FN3O4/c16-10-5-1-2-6-11(10)18-14(20)9-17(15(18)21)12-7-3-4-8-13(12)19(22)23/h1-8H,9H2. The van der Waals surface area contributed by atoms with Crippen LogP contribution in [0.4, 0.5) is 26.2 Å². The van der Waals surface area contributed by atoms with Gasteiger partial charge < -0.3 is 0 Å². The number of amides is 3. The third-order valence-electron chi connectivity index (χ3n) is 3.43. The lowest BCUT2D eigenvalue weighted by atomic mass is 10.2. The minimum atomic E-state index is -0.825. The molecule has 0 atom stereocenters. The fraction of sp³-hybridized carbons (Fsp3) is 0.0667. The average molecular weight is 315 g/mol. The van der Waals surface area contributed by atoms with Crippen molar-refractivity contribution < 1.29 is 18.9 Å². The van der Waals surface area contributed by atoms with Gasteiger partial charge in [0.05, 0.1) is 10.6 Å². The number of halogens is 1. The number of imide groups is 1. The Kier molecular flexibility index (Phi) is 3.49. The number of anilines is 2. The fourth-order valence-electron chi connectivity index (χ4n) is 2.41. The molecule has 0 bridgehead atoms. The lowest BCUT2D eigenvalue weighted by Gasteiger charge is -2.17. The van der Waals surface area contributed by atoms with E-state index in [4.69, 9.17) is 0 Å². The molecule has 7 nitrogen and oxygen atoms in total. The summed E-state index contributed by atoms with van der Waals surface area (Å²) in [6.45, 7) is -0.391. The molecule has 0 spiro atoms. The molecule has 0 radical (unpaired) electrons. The molecule has 1 fully saturated rings. The molecule has 8 heteroatoms. The van der Waals surface area contributed by atoms with E-state index in [2.05, 4.69) is 0 Å². The van der Waals surface area contributed by atoms with Crippen LogP contribution in [-0.4, -0.2) is 23.4 Å². The molecule has 23 heavy (non-hydrogen) atoms. The SMILES string of the molecule is O=C1CN(c2ccccc2[N+](=O)[O-])C(=O)N1c1ccccc1F. The van der Waals surface area contributed by atoms with E-state index in [-0.39, 0.29) is 17.1 Å². The number of benzene rings is 2. The monoisotopic (exact) mass is 315 g/mol. The van der Waals surface area contributed by atoms with Gasteiger partial charge in [-0.3, -0.25) is 19.8 Å². The van der Waals surface area contributed by atoms with Gasteiger partial charge in [-0.05, 0) is 18.2 Å². The zero-order valence-corrected chi connectivity index (χ0v) is 11.7. The van der Waals surface area contributed by atoms with Crippen LogP contribution in [0.15, 0.2) is 48.5 Å². The van der Waals surface area contributed by atoms with E-state index in [0.717, 1.165) is 11.0 Å². The van der Waals surface area contributed by atoms with Gasteiger partial charge in [0.15, 0.2) is 0 Å². The summed E-state index contributed by atoms with van der Waals surface area (Å²) in [6, 6.07) is 10.1. The number of urea groups is 1. The zero-order chi connectivity index (χ0) is 16.6. The van der Waals surface area contributed by atoms with E-state index < -0.39 is 29.2 Å². The van der Waals surface area contributed by atoms with Crippen molar-refractivity contribution in [3.8, 4) is 0 Å². The Labute approximate surface area is 129 Å². The van der Waals surface area contributed by atoms with E-state index in [9.17, 15) is 24.1 Å². The zero-order valence-electron chi connectivity index (χ0n) is 11.7. The quantitative estimate of drug-likeness (QED) is 0.495. The molecular weight excluding hydrogens is 305 g/mol. The van der Waals surface area contributed by atoms with Gasteiger partial charge in [0.1, 0.15) is 18.0 Å².